The Kier molecular flexibility index (Phi) is 6.74. The predicted octanol–water partition coefficient (Wildman–Crippen LogP) is 3.96. The van der Waals surface area contributed by atoms with Crippen LogP contribution in [-0.4, -0.2) is 71.3 Å². The van der Waals surface area contributed by atoms with Gasteiger partial charge in [0, 0.05) is 54.6 Å². The molecule has 1 aliphatic rings. The monoisotopic (exact) mass is 498 g/mol. The second-order valence-electron chi connectivity index (χ2n) is 9.06. The summed E-state index contributed by atoms with van der Waals surface area (Å²) >= 11 is 0. The molecule has 0 saturated carbocycles. The van der Waals surface area contributed by atoms with Crippen LogP contribution in [0.3, 0.4) is 0 Å². The Balaban J connectivity index is 1.58. The summed E-state index contributed by atoms with van der Waals surface area (Å²) in [7, 11) is 3.70. The number of anilines is 4. The number of rotatable bonds is 7. The smallest absolute Gasteiger partial charge is 0.247 e. The number of nitrogens with zero attached hydrogens (tertiary/aromatic N) is 5. The molecule has 10 heteroatoms. The number of benzene rings is 2. The van der Waals surface area contributed by atoms with Crippen molar-refractivity contribution in [3.8, 4) is 17.1 Å². The fourth-order valence-corrected chi connectivity index (χ4v) is 4.32. The van der Waals surface area contributed by atoms with Gasteiger partial charge in [-0.2, -0.15) is 5.10 Å². The highest BCUT2D eigenvalue weighted by Gasteiger charge is 2.18. The molecule has 0 unspecified atom stereocenters. The lowest BCUT2D eigenvalue weighted by Crippen LogP contribution is -2.44. The molecule has 2 aromatic heterocycles. The zero-order valence-corrected chi connectivity index (χ0v) is 21.2. The van der Waals surface area contributed by atoms with Crippen LogP contribution in [0.15, 0.2) is 55.1 Å². The number of hydrogen-bond donors (Lipinski definition) is 3. The summed E-state index contributed by atoms with van der Waals surface area (Å²) in [5.41, 5.74) is 4.19. The zero-order valence-electron chi connectivity index (χ0n) is 21.2. The van der Waals surface area contributed by atoms with Crippen LogP contribution < -0.4 is 20.3 Å². The molecule has 1 saturated heterocycles. The van der Waals surface area contributed by atoms with Crippen LogP contribution in [0.1, 0.15) is 5.69 Å². The number of fused-ring (bicyclic) bond motifs is 1. The number of aromatic nitrogens is 4. The second-order valence-corrected chi connectivity index (χ2v) is 9.06. The Bertz CT molecular complexity index is 1460. The number of amides is 1. The molecule has 37 heavy (non-hydrogen) atoms. The molecule has 3 N–H and O–H groups in total. The Morgan fingerprint density at radius 3 is 2.62 bits per heavy atom. The van der Waals surface area contributed by atoms with Gasteiger partial charge in [0.2, 0.25) is 5.91 Å². The molecule has 1 aliphatic heterocycles. The van der Waals surface area contributed by atoms with Gasteiger partial charge in [0.15, 0.2) is 11.6 Å². The van der Waals surface area contributed by atoms with Crippen LogP contribution >= 0.6 is 0 Å². The van der Waals surface area contributed by atoms with Crippen molar-refractivity contribution in [3.05, 3.63) is 60.8 Å². The third-order valence-electron chi connectivity index (χ3n) is 6.40. The topological polar surface area (TPSA) is 111 Å². The van der Waals surface area contributed by atoms with Crippen molar-refractivity contribution in [2.24, 2.45) is 0 Å². The fourth-order valence-electron chi connectivity index (χ4n) is 4.32. The van der Waals surface area contributed by atoms with Gasteiger partial charge in [0.05, 0.1) is 18.3 Å². The summed E-state index contributed by atoms with van der Waals surface area (Å²) in [6.07, 6.45) is 1.21. The molecule has 2 aromatic carbocycles. The molecule has 5 rings (SSSR count). The maximum Gasteiger partial charge on any atom is 0.247 e. The number of carbonyl (C=O) groups excluding carboxylic acids is 1. The van der Waals surface area contributed by atoms with Crippen LogP contribution in [0.2, 0.25) is 0 Å². The molecule has 4 aromatic rings. The molecule has 1 amide bonds. The lowest BCUT2D eigenvalue weighted by Gasteiger charge is -2.34. The minimum atomic E-state index is -0.315. The Morgan fingerprint density at radius 2 is 1.92 bits per heavy atom. The highest BCUT2D eigenvalue weighted by atomic mass is 16.5. The average molecular weight is 499 g/mol. The third kappa shape index (κ3) is 5.24. The molecule has 3 heterocycles. The number of ether oxygens (including phenoxy) is 1. The van der Waals surface area contributed by atoms with Crippen molar-refractivity contribution in [3.63, 3.8) is 0 Å². The van der Waals surface area contributed by atoms with E-state index in [0.29, 0.717) is 28.9 Å². The lowest BCUT2D eigenvalue weighted by atomic mass is 10.1. The first kappa shape index (κ1) is 24.3. The van der Waals surface area contributed by atoms with Crippen molar-refractivity contribution in [1.82, 2.24) is 25.1 Å². The summed E-state index contributed by atoms with van der Waals surface area (Å²) in [5, 5.41) is 14.3. The van der Waals surface area contributed by atoms with Gasteiger partial charge in [-0.05, 0) is 56.4 Å². The van der Waals surface area contributed by atoms with E-state index in [1.807, 2.05) is 25.1 Å². The van der Waals surface area contributed by atoms with Gasteiger partial charge in [-0.1, -0.05) is 6.58 Å². The van der Waals surface area contributed by atoms with Gasteiger partial charge in [0.25, 0.3) is 0 Å². The Morgan fingerprint density at radius 1 is 1.11 bits per heavy atom. The van der Waals surface area contributed by atoms with Crippen LogP contribution in [0.5, 0.6) is 5.75 Å². The number of piperazine rings is 1. The number of aryl methyl sites for hydroxylation is 1. The van der Waals surface area contributed by atoms with Gasteiger partial charge in [-0.15, -0.1) is 0 Å². The maximum absolute atomic E-state index is 11.8. The van der Waals surface area contributed by atoms with Crippen molar-refractivity contribution in [2.45, 2.75) is 6.92 Å². The lowest BCUT2D eigenvalue weighted by molar-refractivity contribution is -0.111. The maximum atomic E-state index is 11.8. The van der Waals surface area contributed by atoms with Gasteiger partial charge in [0.1, 0.15) is 11.6 Å². The van der Waals surface area contributed by atoms with Gasteiger partial charge < -0.3 is 25.2 Å². The molecule has 0 bridgehead atoms. The zero-order chi connectivity index (χ0) is 25.9. The third-order valence-corrected chi connectivity index (χ3v) is 6.40. The minimum absolute atomic E-state index is 0.315. The number of H-pyrrole nitrogens is 1. The normalized spacial score (nSPS) is 14.0. The molecule has 0 radical (unpaired) electrons. The minimum Gasteiger partial charge on any atom is -0.495 e. The number of methoxy groups -OCH3 is 1. The molecule has 0 atom stereocenters. The first-order chi connectivity index (χ1) is 17.9. The summed E-state index contributed by atoms with van der Waals surface area (Å²) in [5.74, 6) is 2.04. The standard InChI is InChI=1S/C27H30N8O2/c1-5-25(36)28-21-9-6-18(15-23(21)37-4)26-29-22-16-19(35-12-10-34(3)11-13-35)7-8-20(22)27(31-26)30-24-14-17(2)32-33-24/h5-9,14-16H,1,10-13H2,2-4H3,(H,28,36)(H2,29,30,31,32,33). The van der Waals surface area contributed by atoms with Crippen molar-refractivity contribution >= 4 is 39.8 Å². The number of aromatic amines is 1. The summed E-state index contributed by atoms with van der Waals surface area (Å²) in [6, 6.07) is 13.7. The van der Waals surface area contributed by atoms with Crippen molar-refractivity contribution < 1.29 is 9.53 Å². The van der Waals surface area contributed by atoms with E-state index < -0.39 is 0 Å². The van der Waals surface area contributed by atoms with Gasteiger partial charge in [-0.3, -0.25) is 9.89 Å². The molecule has 0 spiro atoms. The molecular weight excluding hydrogens is 468 g/mol. The van der Waals surface area contributed by atoms with Crippen LogP contribution in [0, 0.1) is 6.92 Å². The number of likely N-dealkylation sites (N-methyl/N-ethyl adjacent to an activating group) is 1. The largest absolute Gasteiger partial charge is 0.495 e. The van der Waals surface area contributed by atoms with E-state index >= 15 is 0 Å². The molecule has 190 valence electrons. The van der Waals surface area contributed by atoms with Gasteiger partial charge in [-0.25, -0.2) is 9.97 Å². The van der Waals surface area contributed by atoms with E-state index in [-0.39, 0.29) is 5.91 Å². The average Bonchev–Trinajstić information content (AvgIpc) is 3.33. The number of nitrogens with one attached hydrogen (secondary N) is 3. The van der Waals surface area contributed by atoms with Crippen molar-refractivity contribution in [1.29, 1.82) is 0 Å². The molecule has 10 nitrogen and oxygen atoms in total. The van der Waals surface area contributed by atoms with Crippen molar-refractivity contribution in [2.75, 3.05) is 55.9 Å². The number of hydrogen-bond acceptors (Lipinski definition) is 8. The first-order valence-electron chi connectivity index (χ1n) is 12.1. The molecular formula is C27H30N8O2. The Hall–Kier alpha value is -4.44. The summed E-state index contributed by atoms with van der Waals surface area (Å²) in [4.78, 5) is 26.3. The molecule has 0 aliphatic carbocycles. The van der Waals surface area contributed by atoms with Crippen LogP contribution in [-0.2, 0) is 4.79 Å². The quantitative estimate of drug-likeness (QED) is 0.329. The molecule has 1 fully saturated rings. The fraction of sp³-hybridized carbons (Fsp3) is 0.259. The van der Waals surface area contributed by atoms with E-state index in [2.05, 4.69) is 62.5 Å². The number of carbonyl (C=O) groups is 1. The van der Waals surface area contributed by atoms with E-state index in [1.54, 1.807) is 13.2 Å². The van der Waals surface area contributed by atoms with E-state index in [9.17, 15) is 4.79 Å². The summed E-state index contributed by atoms with van der Waals surface area (Å²) in [6.45, 7) is 9.42. The van der Waals surface area contributed by atoms with E-state index in [0.717, 1.165) is 54.0 Å². The first-order valence-corrected chi connectivity index (χ1v) is 12.1. The van der Waals surface area contributed by atoms with Gasteiger partial charge >= 0.3 is 0 Å². The highest BCUT2D eigenvalue weighted by molar-refractivity contribution is 6.00. The highest BCUT2D eigenvalue weighted by Crippen LogP contribution is 2.33. The SMILES string of the molecule is C=CC(=O)Nc1ccc(-c2nc(Nc3cc(C)[nH]n3)c3ccc(N4CCN(C)CC4)cc3n2)cc1OC. The van der Waals surface area contributed by atoms with E-state index in [4.69, 9.17) is 14.7 Å². The predicted molar refractivity (Wildman–Crippen MR) is 147 cm³/mol. The summed E-state index contributed by atoms with van der Waals surface area (Å²) < 4.78 is 5.53. The van der Waals surface area contributed by atoms with Crippen LogP contribution in [0.4, 0.5) is 23.0 Å². The Labute approximate surface area is 215 Å². The van der Waals surface area contributed by atoms with Crippen LogP contribution in [0.25, 0.3) is 22.3 Å². The second kappa shape index (κ2) is 10.3. The van der Waals surface area contributed by atoms with E-state index in [1.165, 1.54) is 6.08 Å².